The van der Waals surface area contributed by atoms with E-state index in [9.17, 15) is 4.39 Å². The van der Waals surface area contributed by atoms with Gasteiger partial charge in [-0.15, -0.1) is 11.3 Å². The summed E-state index contributed by atoms with van der Waals surface area (Å²) in [7, 11) is 1.89. The van der Waals surface area contributed by atoms with Gasteiger partial charge in [0.25, 0.3) is 0 Å². The summed E-state index contributed by atoms with van der Waals surface area (Å²) in [6.07, 6.45) is 0.816. The van der Waals surface area contributed by atoms with E-state index in [0.29, 0.717) is 5.56 Å². The first kappa shape index (κ1) is 13.5. The molecule has 1 aromatic heterocycles. The maximum atomic E-state index is 13.6. The Bertz CT molecular complexity index is 538. The molecule has 0 radical (unpaired) electrons. The number of hydrogen-bond donors (Lipinski definition) is 1. The lowest BCUT2D eigenvalue weighted by Gasteiger charge is -2.16. The summed E-state index contributed by atoms with van der Waals surface area (Å²) in [4.78, 5) is 1.19. The number of hydrogen-bond acceptors (Lipinski definition) is 2. The monoisotopic (exact) mass is 283 g/mol. The molecule has 2 aromatic rings. The highest BCUT2D eigenvalue weighted by Crippen LogP contribution is 2.27. The highest BCUT2D eigenvalue weighted by Gasteiger charge is 2.13. The Morgan fingerprint density at radius 1 is 1.33 bits per heavy atom. The Morgan fingerprint density at radius 2 is 2.11 bits per heavy atom. The van der Waals surface area contributed by atoms with Crippen molar-refractivity contribution in [2.45, 2.75) is 19.4 Å². The van der Waals surface area contributed by atoms with E-state index in [0.717, 1.165) is 16.3 Å². The third-order valence-corrected chi connectivity index (χ3v) is 4.23. The van der Waals surface area contributed by atoms with Gasteiger partial charge in [0, 0.05) is 17.3 Å². The van der Waals surface area contributed by atoms with Crippen molar-refractivity contribution < 1.29 is 4.39 Å². The maximum Gasteiger partial charge on any atom is 0.126 e. The van der Waals surface area contributed by atoms with E-state index >= 15 is 0 Å². The first-order chi connectivity index (χ1) is 8.60. The lowest BCUT2D eigenvalue weighted by atomic mass is 10.0. The second-order valence-corrected chi connectivity index (χ2v) is 6.06. The number of aryl methyl sites for hydroxylation is 1. The summed E-state index contributed by atoms with van der Waals surface area (Å²) in [6, 6.07) is 9.40. The van der Waals surface area contributed by atoms with Crippen LogP contribution in [0.4, 0.5) is 4.39 Å². The first-order valence-electron chi connectivity index (χ1n) is 5.77. The van der Waals surface area contributed by atoms with E-state index in [1.807, 2.05) is 31.3 Å². The molecule has 0 bridgehead atoms. The van der Waals surface area contributed by atoms with Gasteiger partial charge in [-0.05, 0) is 43.3 Å². The van der Waals surface area contributed by atoms with Gasteiger partial charge in [0.2, 0.25) is 0 Å². The first-order valence-corrected chi connectivity index (χ1v) is 6.97. The average molecular weight is 284 g/mol. The van der Waals surface area contributed by atoms with E-state index in [1.54, 1.807) is 24.3 Å². The maximum absolute atomic E-state index is 13.6. The number of benzene rings is 1. The molecule has 2 rings (SSSR count). The molecule has 96 valence electrons. The quantitative estimate of drug-likeness (QED) is 0.879. The molecule has 0 saturated heterocycles. The molecule has 1 heterocycles. The summed E-state index contributed by atoms with van der Waals surface area (Å²) in [5.74, 6) is -0.156. The fourth-order valence-electron chi connectivity index (χ4n) is 1.88. The number of likely N-dealkylation sites (N-methyl/N-ethyl adjacent to an activating group) is 1. The highest BCUT2D eigenvalue weighted by atomic mass is 35.5. The average Bonchev–Trinajstić information content (AvgIpc) is 2.75. The fourth-order valence-corrected chi connectivity index (χ4v) is 3.01. The Balaban J connectivity index is 2.19. The molecule has 0 aliphatic carbocycles. The molecule has 0 aliphatic rings. The van der Waals surface area contributed by atoms with Crippen LogP contribution in [0.25, 0.3) is 0 Å². The second-order valence-electron chi connectivity index (χ2n) is 4.26. The van der Waals surface area contributed by atoms with Crippen LogP contribution in [0.3, 0.4) is 0 Å². The van der Waals surface area contributed by atoms with E-state index in [2.05, 4.69) is 5.32 Å². The van der Waals surface area contributed by atoms with Gasteiger partial charge in [-0.3, -0.25) is 0 Å². The van der Waals surface area contributed by atoms with Crippen molar-refractivity contribution in [3.8, 4) is 0 Å². The largest absolute Gasteiger partial charge is 0.313 e. The molecule has 0 aliphatic heterocycles. The van der Waals surface area contributed by atoms with E-state index in [-0.39, 0.29) is 11.9 Å². The van der Waals surface area contributed by atoms with Gasteiger partial charge in [0.1, 0.15) is 5.82 Å². The summed E-state index contributed by atoms with van der Waals surface area (Å²) >= 11 is 7.48. The molecule has 1 atom stereocenters. The number of thiophene rings is 1. The van der Waals surface area contributed by atoms with E-state index in [4.69, 9.17) is 11.6 Å². The smallest absolute Gasteiger partial charge is 0.126 e. The van der Waals surface area contributed by atoms with Gasteiger partial charge >= 0.3 is 0 Å². The predicted octanol–water partition coefficient (Wildman–Crippen LogP) is 4.35. The van der Waals surface area contributed by atoms with Crippen LogP contribution in [0.1, 0.15) is 22.0 Å². The van der Waals surface area contributed by atoms with Crippen LogP contribution in [0.5, 0.6) is 0 Å². The van der Waals surface area contributed by atoms with E-state index < -0.39 is 0 Å². The molecular formula is C14H15ClFNS. The van der Waals surface area contributed by atoms with Gasteiger partial charge in [0.05, 0.1) is 4.34 Å². The number of halogens is 2. The zero-order valence-electron chi connectivity index (χ0n) is 10.3. The molecule has 4 heteroatoms. The second kappa shape index (κ2) is 5.83. The Labute approximate surface area is 116 Å². The van der Waals surface area contributed by atoms with Gasteiger partial charge in [0.15, 0.2) is 0 Å². The minimum Gasteiger partial charge on any atom is -0.313 e. The molecular weight excluding hydrogens is 269 g/mol. The third-order valence-electron chi connectivity index (χ3n) is 2.98. The topological polar surface area (TPSA) is 12.0 Å². The van der Waals surface area contributed by atoms with Crippen LogP contribution in [0.15, 0.2) is 30.3 Å². The normalized spacial score (nSPS) is 12.7. The SMILES string of the molecule is CNC(Cc1ccc(Cl)s1)c1ccc(C)c(F)c1. The molecule has 1 aromatic carbocycles. The molecule has 0 spiro atoms. The van der Waals surface area contributed by atoms with Crippen molar-refractivity contribution in [3.05, 3.63) is 56.5 Å². The van der Waals surface area contributed by atoms with Crippen LogP contribution < -0.4 is 5.32 Å². The Morgan fingerprint density at radius 3 is 2.67 bits per heavy atom. The van der Waals surface area contributed by atoms with Crippen molar-refractivity contribution in [1.82, 2.24) is 5.32 Å². The molecule has 1 nitrogen and oxygen atoms in total. The summed E-state index contributed by atoms with van der Waals surface area (Å²) in [5.41, 5.74) is 1.64. The summed E-state index contributed by atoms with van der Waals surface area (Å²) in [6.45, 7) is 1.77. The molecule has 1 N–H and O–H groups in total. The molecule has 1 unspecified atom stereocenters. The van der Waals surface area contributed by atoms with Crippen LogP contribution in [0.2, 0.25) is 4.34 Å². The summed E-state index contributed by atoms with van der Waals surface area (Å²) < 4.78 is 14.4. The van der Waals surface area contributed by atoms with Gasteiger partial charge in [-0.25, -0.2) is 4.39 Å². The standard InChI is InChI=1S/C14H15ClFNS/c1-9-3-4-10(7-12(9)16)13(17-2)8-11-5-6-14(15)18-11/h3-7,13,17H,8H2,1-2H3. The van der Waals surface area contributed by atoms with Crippen molar-refractivity contribution in [2.24, 2.45) is 0 Å². The van der Waals surface area contributed by atoms with E-state index in [1.165, 1.54) is 4.88 Å². The molecule has 0 amide bonds. The van der Waals surface area contributed by atoms with Crippen molar-refractivity contribution in [1.29, 1.82) is 0 Å². The van der Waals surface area contributed by atoms with Gasteiger partial charge < -0.3 is 5.32 Å². The minimum absolute atomic E-state index is 0.106. The van der Waals surface area contributed by atoms with Crippen LogP contribution in [0, 0.1) is 12.7 Å². The van der Waals surface area contributed by atoms with Crippen molar-refractivity contribution in [2.75, 3.05) is 7.05 Å². The lowest BCUT2D eigenvalue weighted by molar-refractivity contribution is 0.577. The van der Waals surface area contributed by atoms with Crippen LogP contribution in [-0.4, -0.2) is 7.05 Å². The molecule has 0 saturated carbocycles. The predicted molar refractivity (Wildman–Crippen MR) is 76.0 cm³/mol. The Hall–Kier alpha value is -0.900. The zero-order chi connectivity index (χ0) is 13.1. The van der Waals surface area contributed by atoms with Gasteiger partial charge in [-0.2, -0.15) is 0 Å². The van der Waals surface area contributed by atoms with Crippen molar-refractivity contribution >= 4 is 22.9 Å². The molecule has 18 heavy (non-hydrogen) atoms. The summed E-state index contributed by atoms with van der Waals surface area (Å²) in [5, 5.41) is 3.22. The number of rotatable bonds is 4. The van der Waals surface area contributed by atoms with Crippen LogP contribution in [-0.2, 0) is 6.42 Å². The van der Waals surface area contributed by atoms with Gasteiger partial charge in [-0.1, -0.05) is 23.7 Å². The molecule has 0 fully saturated rings. The van der Waals surface area contributed by atoms with Crippen molar-refractivity contribution in [3.63, 3.8) is 0 Å². The fraction of sp³-hybridized carbons (Fsp3) is 0.286. The number of nitrogens with one attached hydrogen (secondary N) is 1. The van der Waals surface area contributed by atoms with Crippen LogP contribution >= 0.6 is 22.9 Å². The highest BCUT2D eigenvalue weighted by molar-refractivity contribution is 7.16. The minimum atomic E-state index is -0.156. The zero-order valence-corrected chi connectivity index (χ0v) is 11.9. The lowest BCUT2D eigenvalue weighted by Crippen LogP contribution is -2.18. The third kappa shape index (κ3) is 3.10. The Kier molecular flexibility index (Phi) is 4.38.